The number of amidine groups is 1. The maximum absolute atomic E-state index is 12.5. The quantitative estimate of drug-likeness (QED) is 0.893. The molecule has 0 saturated heterocycles. The number of hydrogen-bond donors (Lipinski definition) is 1. The van der Waals surface area contributed by atoms with E-state index in [2.05, 4.69) is 4.99 Å². The van der Waals surface area contributed by atoms with Gasteiger partial charge >= 0.3 is 0 Å². The van der Waals surface area contributed by atoms with Gasteiger partial charge in [0.2, 0.25) is 0 Å². The van der Waals surface area contributed by atoms with Crippen LogP contribution in [0.1, 0.15) is 22.3 Å². The van der Waals surface area contributed by atoms with Gasteiger partial charge in [-0.25, -0.2) is 4.99 Å². The molecular weight excluding hydrogens is 338 g/mol. The lowest BCUT2D eigenvalue weighted by Gasteiger charge is -2.18. The van der Waals surface area contributed by atoms with E-state index in [1.54, 1.807) is 36.2 Å². The average molecular weight is 358 g/mol. The van der Waals surface area contributed by atoms with Crippen molar-refractivity contribution >= 4 is 29.2 Å². The molecule has 1 atom stereocenters. The van der Waals surface area contributed by atoms with E-state index in [0.29, 0.717) is 17.2 Å². The van der Waals surface area contributed by atoms with Crippen LogP contribution in [0.3, 0.4) is 0 Å². The van der Waals surface area contributed by atoms with Gasteiger partial charge in [-0.2, -0.15) is 0 Å². The number of carbonyl (C=O) groups is 1. The number of hydrogen-bond acceptors (Lipinski definition) is 4. The zero-order valence-corrected chi connectivity index (χ0v) is 14.7. The maximum atomic E-state index is 12.5. The predicted molar refractivity (Wildman–Crippen MR) is 100 cm³/mol. The minimum atomic E-state index is -0.0719. The number of halogens is 1. The van der Waals surface area contributed by atoms with Crippen LogP contribution in [0.25, 0.3) is 0 Å². The van der Waals surface area contributed by atoms with Gasteiger partial charge in [0.25, 0.3) is 11.9 Å². The summed E-state index contributed by atoms with van der Waals surface area (Å²) in [4.78, 5) is 18.4. The number of rotatable bonds is 5. The molecule has 0 saturated carbocycles. The fourth-order valence-electron chi connectivity index (χ4n) is 2.71. The van der Waals surface area contributed by atoms with Crippen LogP contribution >= 0.6 is 11.6 Å². The predicted octanol–water partition coefficient (Wildman–Crippen LogP) is 3.26. The summed E-state index contributed by atoms with van der Waals surface area (Å²) in [6.07, 6.45) is 1.78. The number of amides is 1. The van der Waals surface area contributed by atoms with Gasteiger partial charge in [-0.1, -0.05) is 23.7 Å². The van der Waals surface area contributed by atoms with Crippen molar-refractivity contribution in [3.63, 3.8) is 0 Å². The van der Waals surface area contributed by atoms with E-state index in [1.807, 2.05) is 24.3 Å². The molecule has 5 nitrogen and oxygen atoms in total. The summed E-state index contributed by atoms with van der Waals surface area (Å²) >= 11 is 5.87. The summed E-state index contributed by atoms with van der Waals surface area (Å²) in [7, 11) is 1.76. The zero-order valence-electron chi connectivity index (χ0n) is 14.0. The molecular formula is C19H20ClN3O2. The molecule has 1 heterocycles. The number of nitrogens with zero attached hydrogens (tertiary/aromatic N) is 2. The third-order valence-corrected chi connectivity index (χ3v) is 4.47. The van der Waals surface area contributed by atoms with E-state index >= 15 is 0 Å². The van der Waals surface area contributed by atoms with E-state index in [4.69, 9.17) is 22.1 Å². The highest BCUT2D eigenvalue weighted by molar-refractivity contribution is 6.30. The molecule has 2 aromatic rings. The number of aliphatic imine (C=N–C) groups is 1. The minimum absolute atomic E-state index is 0.0719. The van der Waals surface area contributed by atoms with Crippen LogP contribution in [0.15, 0.2) is 53.5 Å². The van der Waals surface area contributed by atoms with Crippen molar-refractivity contribution in [3.8, 4) is 0 Å². The van der Waals surface area contributed by atoms with E-state index in [-0.39, 0.29) is 18.0 Å². The second-order valence-corrected chi connectivity index (χ2v) is 6.44. The molecule has 0 aromatic heterocycles. The molecule has 6 heteroatoms. The van der Waals surface area contributed by atoms with Crippen molar-refractivity contribution < 1.29 is 9.53 Å². The van der Waals surface area contributed by atoms with Crippen molar-refractivity contribution in [1.82, 2.24) is 0 Å². The summed E-state index contributed by atoms with van der Waals surface area (Å²) in [6, 6.07) is 15.3. The molecule has 0 spiro atoms. The maximum Gasteiger partial charge on any atom is 0.282 e. The van der Waals surface area contributed by atoms with Crippen LogP contribution in [0.4, 0.5) is 5.69 Å². The normalized spacial score (nSPS) is 16.2. The standard InChI is InChI=1S/C19H20ClN3O2/c1-23(18(24)14-5-7-15(20)8-6-14)17-10-3-13(4-11-17)2-9-16-12-25-19(21)22-16/h3-8,10-11,16H,2,9,12H2,1H3,(H2,21,22). The van der Waals surface area contributed by atoms with Crippen LogP contribution in [-0.2, 0) is 11.2 Å². The van der Waals surface area contributed by atoms with Crippen molar-refractivity contribution in [2.45, 2.75) is 18.9 Å². The number of carbonyl (C=O) groups excluding carboxylic acids is 1. The highest BCUT2D eigenvalue weighted by atomic mass is 35.5. The number of ether oxygens (including phenoxy) is 1. The van der Waals surface area contributed by atoms with Crippen molar-refractivity contribution in [3.05, 3.63) is 64.7 Å². The van der Waals surface area contributed by atoms with Crippen LogP contribution < -0.4 is 10.6 Å². The van der Waals surface area contributed by atoms with E-state index in [1.165, 1.54) is 5.56 Å². The van der Waals surface area contributed by atoms with Crippen molar-refractivity contribution in [2.75, 3.05) is 18.6 Å². The highest BCUT2D eigenvalue weighted by Crippen LogP contribution is 2.19. The Bertz CT molecular complexity index is 772. The zero-order chi connectivity index (χ0) is 17.8. The van der Waals surface area contributed by atoms with Crippen LogP contribution in [-0.4, -0.2) is 31.6 Å². The largest absolute Gasteiger partial charge is 0.463 e. The highest BCUT2D eigenvalue weighted by Gasteiger charge is 2.17. The lowest BCUT2D eigenvalue weighted by Crippen LogP contribution is -2.26. The molecule has 1 amide bonds. The van der Waals surface area contributed by atoms with Crippen LogP contribution in [0.5, 0.6) is 0 Å². The first-order valence-electron chi connectivity index (χ1n) is 8.11. The Balaban J connectivity index is 1.61. The van der Waals surface area contributed by atoms with Gasteiger partial charge in [0.15, 0.2) is 0 Å². The Kier molecular flexibility index (Phi) is 5.24. The monoisotopic (exact) mass is 357 g/mol. The third-order valence-electron chi connectivity index (χ3n) is 4.22. The second-order valence-electron chi connectivity index (χ2n) is 6.01. The van der Waals surface area contributed by atoms with Gasteiger partial charge in [0, 0.05) is 23.3 Å². The SMILES string of the molecule is CN(C(=O)c1ccc(Cl)cc1)c1ccc(CCC2COC(N)=N2)cc1. The summed E-state index contributed by atoms with van der Waals surface area (Å²) in [5.41, 5.74) is 8.15. The first-order chi connectivity index (χ1) is 12.0. The smallest absolute Gasteiger partial charge is 0.282 e. The molecule has 1 aliphatic heterocycles. The van der Waals surface area contributed by atoms with Gasteiger partial charge in [-0.3, -0.25) is 4.79 Å². The van der Waals surface area contributed by atoms with Gasteiger partial charge in [-0.05, 0) is 54.8 Å². The van der Waals surface area contributed by atoms with Crippen LogP contribution in [0, 0.1) is 0 Å². The summed E-state index contributed by atoms with van der Waals surface area (Å²) in [5, 5.41) is 0.613. The van der Waals surface area contributed by atoms with E-state index < -0.39 is 0 Å². The Labute approximate surface area is 152 Å². The van der Waals surface area contributed by atoms with Crippen molar-refractivity contribution in [2.24, 2.45) is 10.7 Å². The van der Waals surface area contributed by atoms with Gasteiger partial charge in [-0.15, -0.1) is 0 Å². The molecule has 0 aliphatic carbocycles. The van der Waals surface area contributed by atoms with E-state index in [0.717, 1.165) is 18.5 Å². The Morgan fingerprint density at radius 1 is 1.24 bits per heavy atom. The number of anilines is 1. The first kappa shape index (κ1) is 17.3. The Morgan fingerprint density at radius 3 is 2.52 bits per heavy atom. The van der Waals surface area contributed by atoms with Gasteiger partial charge in [0.1, 0.15) is 6.61 Å². The molecule has 130 valence electrons. The number of nitrogens with two attached hydrogens (primary N) is 1. The lowest BCUT2D eigenvalue weighted by atomic mass is 10.1. The molecule has 1 aliphatic rings. The lowest BCUT2D eigenvalue weighted by molar-refractivity contribution is 0.0993. The molecule has 2 N–H and O–H groups in total. The summed E-state index contributed by atoms with van der Waals surface area (Å²) in [6.45, 7) is 0.558. The molecule has 1 unspecified atom stereocenters. The molecule has 0 bridgehead atoms. The fourth-order valence-corrected chi connectivity index (χ4v) is 2.83. The van der Waals surface area contributed by atoms with Gasteiger partial charge in [0.05, 0.1) is 6.04 Å². The third kappa shape index (κ3) is 4.31. The topological polar surface area (TPSA) is 67.9 Å². The average Bonchev–Trinajstić information content (AvgIpc) is 3.05. The minimum Gasteiger partial charge on any atom is -0.463 e. The van der Waals surface area contributed by atoms with Gasteiger partial charge < -0.3 is 15.4 Å². The molecule has 25 heavy (non-hydrogen) atoms. The summed E-state index contributed by atoms with van der Waals surface area (Å²) in [5.74, 6) is -0.0719. The van der Waals surface area contributed by atoms with E-state index in [9.17, 15) is 4.79 Å². The molecule has 3 rings (SSSR count). The number of benzene rings is 2. The fraction of sp³-hybridized carbons (Fsp3) is 0.263. The molecule has 0 radical (unpaired) electrons. The Hall–Kier alpha value is -2.53. The number of aryl methyl sites for hydroxylation is 1. The van der Waals surface area contributed by atoms with Crippen LogP contribution in [0.2, 0.25) is 5.02 Å². The second kappa shape index (κ2) is 7.57. The first-order valence-corrected chi connectivity index (χ1v) is 8.49. The molecule has 2 aromatic carbocycles. The Morgan fingerprint density at radius 2 is 1.92 bits per heavy atom. The van der Waals surface area contributed by atoms with Crippen molar-refractivity contribution in [1.29, 1.82) is 0 Å². The summed E-state index contributed by atoms with van der Waals surface area (Å²) < 4.78 is 5.16. The molecule has 0 fully saturated rings.